The number of hydrogen-bond acceptors (Lipinski definition) is 4. The summed E-state index contributed by atoms with van der Waals surface area (Å²) in [6.45, 7) is 2.83. The summed E-state index contributed by atoms with van der Waals surface area (Å²) in [5.41, 5.74) is 3.05. The molecular weight excluding hydrogens is 366 g/mol. The van der Waals surface area contributed by atoms with Gasteiger partial charge in [0.05, 0.1) is 24.3 Å². The highest BCUT2D eigenvalue weighted by molar-refractivity contribution is 5.89. The molecule has 0 radical (unpaired) electrons. The summed E-state index contributed by atoms with van der Waals surface area (Å²) in [7, 11) is 0. The van der Waals surface area contributed by atoms with Gasteiger partial charge in [-0.3, -0.25) is 14.6 Å². The molecule has 1 unspecified atom stereocenters. The lowest BCUT2D eigenvalue weighted by Gasteiger charge is -2.17. The number of aromatic nitrogens is 2. The van der Waals surface area contributed by atoms with Crippen LogP contribution in [0, 0.1) is 0 Å². The first-order valence-electron chi connectivity index (χ1n) is 9.88. The first-order valence-corrected chi connectivity index (χ1v) is 9.88. The van der Waals surface area contributed by atoms with Gasteiger partial charge in [-0.05, 0) is 37.0 Å². The number of carbonyl (C=O) groups excluding carboxylic acids is 2. The van der Waals surface area contributed by atoms with Crippen LogP contribution in [0.4, 0.5) is 0 Å². The lowest BCUT2D eigenvalue weighted by atomic mass is 9.96. The zero-order chi connectivity index (χ0) is 20.2. The van der Waals surface area contributed by atoms with Crippen LogP contribution < -0.4 is 16.0 Å². The highest BCUT2D eigenvalue weighted by Gasteiger charge is 2.31. The number of hydrogen-bond donors (Lipinski definition) is 4. The van der Waals surface area contributed by atoms with Gasteiger partial charge in [0.2, 0.25) is 11.8 Å². The number of aromatic amines is 1. The van der Waals surface area contributed by atoms with Crippen LogP contribution in [0.25, 0.3) is 10.9 Å². The normalized spacial score (nSPS) is 19.8. The zero-order valence-electron chi connectivity index (χ0n) is 16.3. The molecule has 2 amide bonds. The Hall–Kier alpha value is -3.19. The Morgan fingerprint density at radius 1 is 1.24 bits per heavy atom. The maximum atomic E-state index is 12.6. The summed E-state index contributed by atoms with van der Waals surface area (Å²) in [5.74, 6) is -0.0388. The summed E-state index contributed by atoms with van der Waals surface area (Å²) in [6, 6.07) is 13.2. The van der Waals surface area contributed by atoms with E-state index >= 15 is 0 Å². The lowest BCUT2D eigenvalue weighted by molar-refractivity contribution is -0.129. The SMILES string of the molecule is CC(NC(=O)[C@H]1C[C@H](c2ccccc2)CN1)C(=O)NCc1cc2ccncc2[nH]1. The molecule has 1 saturated heterocycles. The van der Waals surface area contributed by atoms with E-state index in [9.17, 15) is 9.59 Å². The van der Waals surface area contributed by atoms with Gasteiger partial charge in [-0.15, -0.1) is 0 Å². The topological polar surface area (TPSA) is 98.9 Å². The van der Waals surface area contributed by atoms with E-state index in [2.05, 4.69) is 38.1 Å². The zero-order valence-corrected chi connectivity index (χ0v) is 16.3. The van der Waals surface area contributed by atoms with E-state index in [1.165, 1.54) is 5.56 Å². The molecular formula is C22H25N5O2. The fourth-order valence-electron chi connectivity index (χ4n) is 3.76. The minimum absolute atomic E-state index is 0.136. The molecule has 0 saturated carbocycles. The lowest BCUT2D eigenvalue weighted by Crippen LogP contribution is -2.49. The van der Waals surface area contributed by atoms with Crippen molar-refractivity contribution in [2.45, 2.75) is 37.9 Å². The maximum Gasteiger partial charge on any atom is 0.242 e. The minimum atomic E-state index is -0.605. The van der Waals surface area contributed by atoms with Gasteiger partial charge in [0, 0.05) is 23.8 Å². The molecule has 1 fully saturated rings. The summed E-state index contributed by atoms with van der Waals surface area (Å²) in [6.07, 6.45) is 4.21. The molecule has 7 nitrogen and oxygen atoms in total. The van der Waals surface area contributed by atoms with Crippen LogP contribution >= 0.6 is 0 Å². The van der Waals surface area contributed by atoms with Crippen molar-refractivity contribution >= 4 is 22.7 Å². The molecule has 3 atom stereocenters. The molecule has 7 heteroatoms. The fourth-order valence-corrected chi connectivity index (χ4v) is 3.76. The van der Waals surface area contributed by atoms with Gasteiger partial charge in [0.25, 0.3) is 0 Å². The molecule has 0 aliphatic carbocycles. The second-order valence-electron chi connectivity index (χ2n) is 7.51. The number of H-pyrrole nitrogens is 1. The van der Waals surface area contributed by atoms with Crippen molar-refractivity contribution in [1.29, 1.82) is 0 Å². The van der Waals surface area contributed by atoms with Gasteiger partial charge >= 0.3 is 0 Å². The summed E-state index contributed by atoms with van der Waals surface area (Å²) >= 11 is 0. The van der Waals surface area contributed by atoms with Crippen LogP contribution in [0.3, 0.4) is 0 Å². The van der Waals surface area contributed by atoms with Gasteiger partial charge in [0.15, 0.2) is 0 Å². The Balaban J connectivity index is 1.26. The van der Waals surface area contributed by atoms with Crippen molar-refractivity contribution in [2.24, 2.45) is 0 Å². The molecule has 4 N–H and O–H groups in total. The van der Waals surface area contributed by atoms with E-state index in [0.717, 1.165) is 29.6 Å². The van der Waals surface area contributed by atoms with Crippen molar-refractivity contribution in [2.75, 3.05) is 6.54 Å². The monoisotopic (exact) mass is 391 g/mol. The van der Waals surface area contributed by atoms with E-state index < -0.39 is 6.04 Å². The molecule has 1 aromatic carbocycles. The highest BCUT2D eigenvalue weighted by atomic mass is 16.2. The van der Waals surface area contributed by atoms with Crippen molar-refractivity contribution in [3.63, 3.8) is 0 Å². The number of benzene rings is 1. The number of amides is 2. The van der Waals surface area contributed by atoms with Gasteiger partial charge < -0.3 is 20.9 Å². The maximum absolute atomic E-state index is 12.6. The predicted molar refractivity (Wildman–Crippen MR) is 111 cm³/mol. The second-order valence-corrected chi connectivity index (χ2v) is 7.51. The van der Waals surface area contributed by atoms with Crippen LogP contribution in [0.1, 0.15) is 30.5 Å². The van der Waals surface area contributed by atoms with Crippen molar-refractivity contribution < 1.29 is 9.59 Å². The first-order chi connectivity index (χ1) is 14.1. The van der Waals surface area contributed by atoms with Gasteiger partial charge in [-0.25, -0.2) is 0 Å². The van der Waals surface area contributed by atoms with Gasteiger partial charge in [-0.2, -0.15) is 0 Å². The highest BCUT2D eigenvalue weighted by Crippen LogP contribution is 2.25. The number of fused-ring (bicyclic) bond motifs is 1. The summed E-state index contributed by atoms with van der Waals surface area (Å²) in [4.78, 5) is 32.3. The Labute approximate surface area is 169 Å². The Kier molecular flexibility index (Phi) is 5.57. The van der Waals surface area contributed by atoms with E-state index in [4.69, 9.17) is 0 Å². The predicted octanol–water partition coefficient (Wildman–Crippen LogP) is 1.83. The van der Waals surface area contributed by atoms with Gasteiger partial charge in [0.1, 0.15) is 6.04 Å². The molecule has 2 aromatic heterocycles. The number of rotatable bonds is 6. The van der Waals surface area contributed by atoms with E-state index in [1.807, 2.05) is 30.3 Å². The number of nitrogens with one attached hydrogen (secondary N) is 4. The molecule has 4 rings (SSSR count). The van der Waals surface area contributed by atoms with E-state index in [-0.39, 0.29) is 17.9 Å². The van der Waals surface area contributed by atoms with Crippen LogP contribution in [0.5, 0.6) is 0 Å². The summed E-state index contributed by atoms with van der Waals surface area (Å²) in [5, 5.41) is 10.0. The largest absolute Gasteiger partial charge is 0.356 e. The first kappa shape index (κ1) is 19.1. The number of pyridine rings is 1. The Morgan fingerprint density at radius 2 is 2.07 bits per heavy atom. The molecule has 0 spiro atoms. The molecule has 150 valence electrons. The van der Waals surface area contributed by atoms with Crippen molar-refractivity contribution in [1.82, 2.24) is 25.9 Å². The van der Waals surface area contributed by atoms with Crippen molar-refractivity contribution in [3.05, 3.63) is 66.1 Å². The molecule has 1 aliphatic heterocycles. The van der Waals surface area contributed by atoms with Gasteiger partial charge in [-0.1, -0.05) is 30.3 Å². The quantitative estimate of drug-likeness (QED) is 0.515. The van der Waals surface area contributed by atoms with Crippen LogP contribution in [0.15, 0.2) is 54.9 Å². The van der Waals surface area contributed by atoms with Crippen molar-refractivity contribution in [3.8, 4) is 0 Å². The van der Waals surface area contributed by atoms with Crippen LogP contribution in [-0.4, -0.2) is 40.4 Å². The molecule has 1 aliphatic rings. The Bertz CT molecular complexity index is 968. The van der Waals surface area contributed by atoms with E-state index in [1.54, 1.807) is 19.3 Å². The molecule has 3 heterocycles. The third-order valence-electron chi connectivity index (χ3n) is 5.40. The third kappa shape index (κ3) is 4.46. The van der Waals surface area contributed by atoms with Crippen LogP contribution in [0.2, 0.25) is 0 Å². The number of nitrogens with zero attached hydrogens (tertiary/aromatic N) is 1. The van der Waals surface area contributed by atoms with E-state index in [0.29, 0.717) is 12.5 Å². The standard InChI is InChI=1S/C22H25N5O2/c1-14(21(28)25-12-18-9-16-7-8-23-13-20(16)27-18)26-22(29)19-10-17(11-24-19)15-5-3-2-4-6-15/h2-9,13-14,17,19,24,27H,10-12H2,1H3,(H,25,28)(H,26,29)/t14?,17-,19+/m0/s1. The second kappa shape index (κ2) is 8.45. The van der Waals surface area contributed by atoms with Crippen LogP contribution in [-0.2, 0) is 16.1 Å². The fraction of sp³-hybridized carbons (Fsp3) is 0.318. The average Bonchev–Trinajstić information content (AvgIpc) is 3.39. The third-order valence-corrected chi connectivity index (χ3v) is 5.40. The smallest absolute Gasteiger partial charge is 0.242 e. The molecule has 3 aromatic rings. The Morgan fingerprint density at radius 3 is 2.86 bits per heavy atom. The average molecular weight is 391 g/mol. The minimum Gasteiger partial charge on any atom is -0.356 e. The number of carbonyl (C=O) groups is 2. The molecule has 29 heavy (non-hydrogen) atoms. The molecule has 0 bridgehead atoms. The summed E-state index contributed by atoms with van der Waals surface area (Å²) < 4.78 is 0.